The summed E-state index contributed by atoms with van der Waals surface area (Å²) in [5, 5.41) is 12.7. The first-order valence-electron chi connectivity index (χ1n) is 23.3. The largest absolute Gasteiger partial charge is 1.00 e. The quantitative estimate of drug-likeness (QED) is 0.0161. The van der Waals surface area contributed by atoms with Crippen LogP contribution in [0.1, 0.15) is 83.6 Å². The second-order valence-electron chi connectivity index (χ2n) is 17.5. The molecule has 6 rings (SSSR count). The molecule has 14 nitrogen and oxygen atoms in total. The van der Waals surface area contributed by atoms with Crippen molar-refractivity contribution in [1.29, 1.82) is 0 Å². The first-order chi connectivity index (χ1) is 32.0. The van der Waals surface area contributed by atoms with E-state index in [9.17, 15) is 19.2 Å². The highest BCUT2D eigenvalue weighted by atomic mass is 35.5. The van der Waals surface area contributed by atoms with E-state index >= 15 is 0 Å². The van der Waals surface area contributed by atoms with Crippen LogP contribution >= 0.6 is 13.5 Å². The summed E-state index contributed by atoms with van der Waals surface area (Å²) < 4.78 is 18.7. The molecule has 5 aromatic carbocycles. The lowest BCUT2D eigenvalue weighted by atomic mass is 9.92. The Morgan fingerprint density at radius 3 is 1.86 bits per heavy atom. The number of rotatable bonds is 24. The van der Waals surface area contributed by atoms with Crippen molar-refractivity contribution in [1.82, 2.24) is 16.0 Å². The van der Waals surface area contributed by atoms with Gasteiger partial charge in [0, 0.05) is 11.1 Å². The highest BCUT2D eigenvalue weighted by Gasteiger charge is 2.45. The Bertz CT molecular complexity index is 2470. The maximum Gasteiger partial charge on any atom is 0.338 e. The number of hydrogen-bond acceptors (Lipinski definition) is 7. The van der Waals surface area contributed by atoms with Crippen molar-refractivity contribution >= 4 is 64.7 Å². The third-order valence-corrected chi connectivity index (χ3v) is 12.0. The molecule has 1 aliphatic rings. The van der Waals surface area contributed by atoms with Gasteiger partial charge in [-0.15, -0.1) is 0 Å². The van der Waals surface area contributed by atoms with Gasteiger partial charge in [0.05, 0.1) is 19.7 Å². The normalized spacial score (nSPS) is 13.4. The molecule has 0 heterocycles. The summed E-state index contributed by atoms with van der Waals surface area (Å²) in [6.07, 6.45) is 5.37. The number of guanidine groups is 1. The fourth-order valence-corrected chi connectivity index (χ4v) is 8.46. The van der Waals surface area contributed by atoms with E-state index in [0.29, 0.717) is 69.2 Å². The Morgan fingerprint density at radius 2 is 1.26 bits per heavy atom. The second-order valence-corrected chi connectivity index (χ2v) is 17.5. The van der Waals surface area contributed by atoms with E-state index in [1.807, 2.05) is 84.9 Å². The lowest BCUT2D eigenvalue weighted by Gasteiger charge is -2.31. The van der Waals surface area contributed by atoms with Gasteiger partial charge < -0.3 is 60.7 Å². The predicted molar refractivity (Wildman–Crippen MR) is 267 cm³/mol. The molecule has 0 spiro atoms. The minimum Gasteiger partial charge on any atom is -1.00 e. The van der Waals surface area contributed by atoms with Gasteiger partial charge in [0.15, 0.2) is 6.61 Å². The number of nitrogens with one attached hydrogen (secondary N) is 4. The molecule has 1 fully saturated rings. The van der Waals surface area contributed by atoms with Gasteiger partial charge in [-0.05, 0) is 96.5 Å². The van der Waals surface area contributed by atoms with E-state index in [2.05, 4.69) is 58.7 Å². The first-order valence-corrected chi connectivity index (χ1v) is 23.3. The molecule has 3 amide bonds. The van der Waals surface area contributed by atoms with Crippen LogP contribution < -0.4 is 72.4 Å². The van der Waals surface area contributed by atoms with Crippen LogP contribution in [0.15, 0.2) is 103 Å². The van der Waals surface area contributed by atoms with E-state index in [4.69, 9.17) is 25.7 Å². The molecular formula is C52H69Cl2N7O7S. The predicted octanol–water partition coefficient (Wildman–Crippen LogP) is -1.73. The molecular weight excluding hydrogens is 938 g/mol. The van der Waals surface area contributed by atoms with Crippen molar-refractivity contribution in [2.75, 3.05) is 26.3 Å². The SMILES string of the molecule is CC(C)CCOc1ccc2ccccc2c1-c1c(OCC(=O)N[C@H](CCCC[NH3+])C(=O)N[C@H](CCC[NH+]=C(N)N)C(=O)NC2(C(=O)OCc3ccccc3)CCCC2)ccc2ccccc12.S.[Cl-].[Cl-]. The van der Waals surface area contributed by atoms with Crippen LogP contribution in [-0.4, -0.2) is 73.6 Å². The molecule has 0 saturated heterocycles. The molecule has 0 radical (unpaired) electrons. The van der Waals surface area contributed by atoms with Gasteiger partial charge in [0.2, 0.25) is 11.8 Å². The monoisotopic (exact) mass is 1010 g/mol. The molecule has 0 aliphatic heterocycles. The van der Waals surface area contributed by atoms with Gasteiger partial charge in [0.25, 0.3) is 5.91 Å². The number of halogens is 2. The van der Waals surface area contributed by atoms with Gasteiger partial charge in [0.1, 0.15) is 35.7 Å². The molecule has 0 aromatic heterocycles. The zero-order chi connectivity index (χ0) is 46.9. The van der Waals surface area contributed by atoms with E-state index in [1.165, 1.54) is 0 Å². The first kappa shape index (κ1) is 57.6. The number of esters is 1. The van der Waals surface area contributed by atoms with Crippen molar-refractivity contribution in [2.24, 2.45) is 17.4 Å². The van der Waals surface area contributed by atoms with Crippen molar-refractivity contribution in [3.8, 4) is 22.6 Å². The molecule has 0 unspecified atom stereocenters. The summed E-state index contributed by atoms with van der Waals surface area (Å²) in [6, 6.07) is 31.3. The molecule has 0 bridgehead atoms. The number of quaternary nitrogens is 1. The third kappa shape index (κ3) is 16.2. The Balaban J connectivity index is 0.00000420. The van der Waals surface area contributed by atoms with Gasteiger partial charge >= 0.3 is 11.9 Å². The average molecular weight is 1010 g/mol. The van der Waals surface area contributed by atoms with E-state index in [1.54, 1.807) is 0 Å². The highest BCUT2D eigenvalue weighted by Crippen LogP contribution is 2.45. The fraction of sp³-hybridized carbons (Fsp3) is 0.404. The summed E-state index contributed by atoms with van der Waals surface area (Å²) in [7, 11) is 0. The van der Waals surface area contributed by atoms with Crippen LogP contribution in [-0.2, 0) is 30.5 Å². The molecule has 1 saturated carbocycles. The Hall–Kier alpha value is -5.74. The zero-order valence-corrected chi connectivity index (χ0v) is 42.1. The van der Waals surface area contributed by atoms with Gasteiger partial charge in [-0.25, -0.2) is 4.79 Å². The summed E-state index contributed by atoms with van der Waals surface area (Å²) in [6.45, 7) is 5.53. The van der Waals surface area contributed by atoms with E-state index < -0.39 is 41.3 Å². The van der Waals surface area contributed by atoms with Crippen LogP contribution in [0.4, 0.5) is 0 Å². The van der Waals surface area contributed by atoms with Crippen LogP contribution in [0.3, 0.4) is 0 Å². The zero-order valence-electron chi connectivity index (χ0n) is 39.6. The number of amides is 3. The summed E-state index contributed by atoms with van der Waals surface area (Å²) >= 11 is 0. The summed E-state index contributed by atoms with van der Waals surface area (Å²) in [5.74, 6) is -0.410. The van der Waals surface area contributed by atoms with Crippen molar-refractivity contribution in [2.45, 2.75) is 102 Å². The number of nitrogens with two attached hydrogens (primary N) is 2. The van der Waals surface area contributed by atoms with Crippen LogP contribution in [0.2, 0.25) is 0 Å². The number of ether oxygens (including phenoxy) is 3. The van der Waals surface area contributed by atoms with E-state index in [0.717, 1.165) is 63.9 Å². The summed E-state index contributed by atoms with van der Waals surface area (Å²) in [5.41, 5.74) is 16.4. The minimum atomic E-state index is -1.24. The fourth-order valence-electron chi connectivity index (χ4n) is 8.46. The molecule has 17 heteroatoms. The molecule has 1 aliphatic carbocycles. The number of benzene rings is 5. The summed E-state index contributed by atoms with van der Waals surface area (Å²) in [4.78, 5) is 58.9. The molecule has 5 aromatic rings. The Morgan fingerprint density at radius 1 is 0.696 bits per heavy atom. The second kappa shape index (κ2) is 28.7. The van der Waals surface area contributed by atoms with Crippen LogP contribution in [0, 0.1) is 5.92 Å². The maximum absolute atomic E-state index is 14.3. The number of hydrogen-bond donors (Lipinski definition) is 7. The number of carbonyl (C=O) groups excluding carboxylic acids is 4. The van der Waals surface area contributed by atoms with Crippen molar-refractivity contribution in [3.63, 3.8) is 0 Å². The smallest absolute Gasteiger partial charge is 0.338 e. The number of carbonyl (C=O) groups is 4. The topological polar surface area (TPSA) is 226 Å². The van der Waals surface area contributed by atoms with Gasteiger partial charge in [-0.3, -0.25) is 30.8 Å². The Kier molecular flexibility index (Phi) is 23.9. The van der Waals surface area contributed by atoms with E-state index in [-0.39, 0.29) is 63.9 Å². The van der Waals surface area contributed by atoms with Crippen molar-refractivity contribution in [3.05, 3.63) is 109 Å². The van der Waals surface area contributed by atoms with Gasteiger partial charge in [-0.2, -0.15) is 13.5 Å². The van der Waals surface area contributed by atoms with Crippen LogP contribution in [0.25, 0.3) is 32.7 Å². The lowest BCUT2D eigenvalue weighted by molar-refractivity contribution is -0.459. The number of unbranched alkanes of at least 4 members (excludes halogenated alkanes) is 1. The van der Waals surface area contributed by atoms with Crippen molar-refractivity contribution < 1.29 is 68.9 Å². The molecule has 69 heavy (non-hydrogen) atoms. The third-order valence-electron chi connectivity index (χ3n) is 12.0. The average Bonchev–Trinajstić information content (AvgIpc) is 3.80. The van der Waals surface area contributed by atoms with Gasteiger partial charge in [-0.1, -0.05) is 118 Å². The molecule has 2 atom stereocenters. The highest BCUT2D eigenvalue weighted by molar-refractivity contribution is 7.59. The molecule has 374 valence electrons. The Labute approximate surface area is 424 Å². The minimum absolute atomic E-state index is 0. The standard InChI is InChI=1S/C52H65N7O7.2ClH.H2S/c1-35(2)27-32-64-43-25-23-37-17-6-8-19-39(37)46(43)47-40-20-9-7-18-38(40)24-26-44(47)65-34-45(60)57-41(21-10-13-30-53)48(61)58-42(22-14-31-56-51(54)55)49(62)59-52(28-11-12-29-52)50(63)66-33-36-15-4-3-5-16-36;;;/h3-9,15-20,23-26,35,41-42H,10-14,21-22,27-34,53H2,1-2H3,(H,57,60)(H,58,61)(H,59,62)(H4,54,55,56);2*1H;1H2/t41-,42-;;;/m1.../s1. The lowest BCUT2D eigenvalue weighted by Crippen LogP contribution is -3.00. The molecule has 11 N–H and O–H groups in total. The maximum atomic E-state index is 14.3. The van der Waals surface area contributed by atoms with Crippen LogP contribution in [0.5, 0.6) is 11.5 Å². The number of fused-ring (bicyclic) bond motifs is 2.